The van der Waals surface area contributed by atoms with Crippen LogP contribution in [-0.2, 0) is 4.79 Å². The van der Waals surface area contributed by atoms with Gasteiger partial charge in [0.2, 0.25) is 5.91 Å². The number of carbonyl (C=O) groups excluding carboxylic acids is 1. The Morgan fingerprint density at radius 1 is 1.37 bits per heavy atom. The maximum atomic E-state index is 12.6. The minimum absolute atomic E-state index is 0.123. The molecule has 0 bridgehead atoms. The van der Waals surface area contributed by atoms with Gasteiger partial charge in [0.05, 0.1) is 35.1 Å². The summed E-state index contributed by atoms with van der Waals surface area (Å²) in [4.78, 5) is 12.6. The van der Waals surface area contributed by atoms with Crippen LogP contribution in [-0.4, -0.2) is 25.9 Å². The number of aromatic nitrogens is 4. The van der Waals surface area contributed by atoms with E-state index in [9.17, 15) is 4.79 Å². The molecule has 2 N–H and O–H groups in total. The van der Waals surface area contributed by atoms with E-state index in [1.807, 2.05) is 38.2 Å². The summed E-state index contributed by atoms with van der Waals surface area (Å²) in [5.74, 6) is 0.669. The van der Waals surface area contributed by atoms with Gasteiger partial charge in [-0.25, -0.2) is 4.68 Å². The number of aromatic amines is 1. The average molecular weight is 360 g/mol. The molecule has 0 saturated heterocycles. The zero-order valence-corrected chi connectivity index (χ0v) is 15.2. The number of hydrogen-bond donors (Lipinski definition) is 2. The number of anilines is 1. The predicted molar refractivity (Wildman–Crippen MR) is 101 cm³/mol. The first-order chi connectivity index (χ1) is 13.0. The first-order valence-electron chi connectivity index (χ1n) is 8.96. The van der Waals surface area contributed by atoms with E-state index in [0.29, 0.717) is 17.3 Å². The lowest BCUT2D eigenvalue weighted by molar-refractivity contribution is -0.117. The van der Waals surface area contributed by atoms with Crippen LogP contribution in [0.25, 0.3) is 5.69 Å². The second-order valence-corrected chi connectivity index (χ2v) is 7.08. The van der Waals surface area contributed by atoms with Gasteiger partial charge >= 0.3 is 0 Å². The molecular weight excluding hydrogens is 340 g/mol. The van der Waals surface area contributed by atoms with Gasteiger partial charge < -0.3 is 5.32 Å². The fraction of sp³-hybridized carbons (Fsp3) is 0.300. The van der Waals surface area contributed by atoms with Gasteiger partial charge in [-0.05, 0) is 50.5 Å². The molecule has 27 heavy (non-hydrogen) atoms. The van der Waals surface area contributed by atoms with E-state index in [1.54, 1.807) is 16.9 Å². The number of nitrogens with one attached hydrogen (secondary N) is 2. The molecule has 7 heteroatoms. The zero-order valence-electron chi connectivity index (χ0n) is 15.2. The van der Waals surface area contributed by atoms with Crippen molar-refractivity contribution in [3.63, 3.8) is 0 Å². The van der Waals surface area contributed by atoms with Crippen molar-refractivity contribution in [1.29, 1.82) is 5.26 Å². The number of nitrogens with zero attached hydrogens (tertiary/aromatic N) is 4. The van der Waals surface area contributed by atoms with Gasteiger partial charge in [0, 0.05) is 23.7 Å². The van der Waals surface area contributed by atoms with Crippen molar-refractivity contribution in [2.75, 3.05) is 5.32 Å². The topological polar surface area (TPSA) is 99.4 Å². The number of amides is 1. The van der Waals surface area contributed by atoms with Crippen LogP contribution in [0.1, 0.15) is 54.0 Å². The molecule has 1 aliphatic rings. The van der Waals surface area contributed by atoms with E-state index in [4.69, 9.17) is 5.26 Å². The number of benzene rings is 1. The van der Waals surface area contributed by atoms with Gasteiger partial charge in [-0.3, -0.25) is 9.89 Å². The van der Waals surface area contributed by atoms with E-state index >= 15 is 0 Å². The minimum Gasteiger partial charge on any atom is -0.311 e. The Balaban J connectivity index is 1.49. The van der Waals surface area contributed by atoms with Crippen LogP contribution in [0.5, 0.6) is 0 Å². The highest BCUT2D eigenvalue weighted by molar-refractivity contribution is 5.94. The first-order valence-corrected chi connectivity index (χ1v) is 8.96. The summed E-state index contributed by atoms with van der Waals surface area (Å²) in [6, 6.07) is 9.61. The van der Waals surface area contributed by atoms with E-state index < -0.39 is 0 Å². The van der Waals surface area contributed by atoms with Crippen LogP contribution < -0.4 is 5.32 Å². The van der Waals surface area contributed by atoms with Crippen molar-refractivity contribution in [3.8, 4) is 11.8 Å². The third-order valence-electron chi connectivity index (χ3n) is 4.80. The molecule has 7 nitrogen and oxygen atoms in total. The maximum absolute atomic E-state index is 12.6. The van der Waals surface area contributed by atoms with Crippen LogP contribution in [0, 0.1) is 18.3 Å². The van der Waals surface area contributed by atoms with Crippen LogP contribution in [0.4, 0.5) is 5.82 Å². The second-order valence-electron chi connectivity index (χ2n) is 7.08. The van der Waals surface area contributed by atoms with Crippen molar-refractivity contribution in [2.45, 2.75) is 38.5 Å². The van der Waals surface area contributed by atoms with Crippen LogP contribution in [0.2, 0.25) is 0 Å². The Morgan fingerprint density at radius 2 is 2.19 bits per heavy atom. The molecule has 0 spiro atoms. The smallest absolute Gasteiger partial charge is 0.232 e. The Kier molecular flexibility index (Phi) is 4.24. The Morgan fingerprint density at radius 3 is 2.93 bits per heavy atom. The Bertz CT molecular complexity index is 1040. The predicted octanol–water partition coefficient (Wildman–Crippen LogP) is 3.40. The summed E-state index contributed by atoms with van der Waals surface area (Å²) >= 11 is 0. The average Bonchev–Trinajstić information content (AvgIpc) is 3.20. The van der Waals surface area contributed by atoms with Crippen LogP contribution in [0.15, 0.2) is 36.7 Å². The monoisotopic (exact) mass is 360 g/mol. The van der Waals surface area contributed by atoms with Gasteiger partial charge in [0.15, 0.2) is 0 Å². The number of hydrogen-bond acceptors (Lipinski definition) is 4. The molecule has 1 aromatic carbocycles. The molecule has 1 saturated carbocycles. The van der Waals surface area contributed by atoms with Gasteiger partial charge in [0.25, 0.3) is 0 Å². The summed E-state index contributed by atoms with van der Waals surface area (Å²) in [7, 11) is 0. The van der Waals surface area contributed by atoms with Crippen LogP contribution >= 0.6 is 0 Å². The molecule has 3 aromatic rings. The highest BCUT2D eigenvalue weighted by Gasteiger charge is 2.26. The number of aryl methyl sites for hydroxylation is 1. The quantitative estimate of drug-likeness (QED) is 0.728. The summed E-state index contributed by atoms with van der Waals surface area (Å²) in [5, 5.41) is 23.5. The number of carbonyl (C=O) groups is 1. The highest BCUT2D eigenvalue weighted by Crippen LogP contribution is 2.39. The summed E-state index contributed by atoms with van der Waals surface area (Å²) in [5.41, 5.74) is 4.18. The normalized spacial score (nSPS) is 14.6. The first kappa shape index (κ1) is 17.0. The number of rotatable bonds is 5. The molecule has 0 aliphatic heterocycles. The molecular formula is C20H20N6O. The number of H-pyrrole nitrogens is 1. The third-order valence-corrected chi connectivity index (χ3v) is 4.80. The lowest BCUT2D eigenvalue weighted by atomic mass is 10.0. The summed E-state index contributed by atoms with van der Waals surface area (Å²) in [6.45, 7) is 3.77. The van der Waals surface area contributed by atoms with E-state index in [0.717, 1.165) is 22.5 Å². The molecule has 0 unspecified atom stereocenters. The van der Waals surface area contributed by atoms with Gasteiger partial charge in [-0.1, -0.05) is 0 Å². The molecule has 0 radical (unpaired) electrons. The minimum atomic E-state index is -0.369. The van der Waals surface area contributed by atoms with E-state index in [-0.39, 0.29) is 11.8 Å². The summed E-state index contributed by atoms with van der Waals surface area (Å²) < 4.78 is 1.69. The van der Waals surface area contributed by atoms with Gasteiger partial charge in [-0.15, -0.1) is 0 Å². The Hall–Kier alpha value is -3.40. The second kappa shape index (κ2) is 6.72. The third kappa shape index (κ3) is 3.60. The molecule has 1 fully saturated rings. The van der Waals surface area contributed by atoms with E-state index in [1.165, 1.54) is 12.8 Å². The van der Waals surface area contributed by atoms with Gasteiger partial charge in [-0.2, -0.15) is 15.5 Å². The molecule has 136 valence electrons. The maximum Gasteiger partial charge on any atom is 0.232 e. The zero-order chi connectivity index (χ0) is 19.0. The molecule has 1 atom stereocenters. The highest BCUT2D eigenvalue weighted by atomic mass is 16.1. The SMILES string of the molecule is Cc1cc(C#N)cc(-n2cc([C@H](C)C(=O)Nc3cc(C4CC4)n[nH]3)cn2)c1. The number of nitriles is 1. The van der Waals surface area contributed by atoms with Crippen molar-refractivity contribution in [1.82, 2.24) is 20.0 Å². The standard InChI is InChI=1S/C20H20N6O/c1-12-5-14(9-21)7-17(6-12)26-11-16(10-22-26)13(2)20(27)23-19-8-18(24-25-19)15-3-4-15/h5-8,10-11,13,15H,3-4H2,1-2H3,(H2,23,24,25,27)/t13-/m0/s1. The molecule has 4 rings (SSSR count). The lowest BCUT2D eigenvalue weighted by Gasteiger charge is -2.09. The fourth-order valence-corrected chi connectivity index (χ4v) is 3.04. The van der Waals surface area contributed by atoms with Crippen molar-refractivity contribution >= 4 is 11.7 Å². The van der Waals surface area contributed by atoms with Gasteiger partial charge in [0.1, 0.15) is 5.82 Å². The van der Waals surface area contributed by atoms with Crippen molar-refractivity contribution in [2.24, 2.45) is 0 Å². The van der Waals surface area contributed by atoms with Crippen molar-refractivity contribution in [3.05, 3.63) is 59.0 Å². The summed E-state index contributed by atoms with van der Waals surface area (Å²) in [6.07, 6.45) is 5.84. The van der Waals surface area contributed by atoms with E-state index in [2.05, 4.69) is 26.7 Å². The largest absolute Gasteiger partial charge is 0.311 e. The fourth-order valence-electron chi connectivity index (χ4n) is 3.04. The molecule has 2 aromatic heterocycles. The van der Waals surface area contributed by atoms with Crippen LogP contribution in [0.3, 0.4) is 0 Å². The Labute approximate surface area is 157 Å². The molecule has 1 amide bonds. The van der Waals surface area contributed by atoms with Crippen molar-refractivity contribution < 1.29 is 4.79 Å². The lowest BCUT2D eigenvalue weighted by Crippen LogP contribution is -2.18. The molecule has 1 aliphatic carbocycles. The molecule has 2 heterocycles.